The third-order valence-corrected chi connectivity index (χ3v) is 3.79. The molecule has 0 saturated heterocycles. The van der Waals surface area contributed by atoms with Gasteiger partial charge in [-0.2, -0.15) is 4.99 Å². The molecule has 0 atom stereocenters. The van der Waals surface area contributed by atoms with Crippen molar-refractivity contribution in [3.05, 3.63) is 28.8 Å². The zero-order chi connectivity index (χ0) is 12.8. The van der Waals surface area contributed by atoms with Gasteiger partial charge in [0, 0.05) is 23.6 Å². The Morgan fingerprint density at radius 2 is 2.11 bits per heavy atom. The first-order valence-electron chi connectivity index (χ1n) is 5.91. The molecular weight excluding hydrogens is 240 g/mol. The molecule has 0 N–H and O–H groups in total. The van der Waals surface area contributed by atoms with E-state index in [1.807, 2.05) is 0 Å². The lowest BCUT2D eigenvalue weighted by atomic mass is 9.70. The summed E-state index contributed by atoms with van der Waals surface area (Å²) in [5.74, 6) is -1.22. The molecule has 18 heavy (non-hydrogen) atoms. The normalized spacial score (nSPS) is 19.4. The van der Waals surface area contributed by atoms with Gasteiger partial charge in [-0.25, -0.2) is 13.6 Å². The predicted octanol–water partition coefficient (Wildman–Crippen LogP) is 2.61. The molecule has 3 nitrogen and oxygen atoms in total. The molecule has 1 aromatic carbocycles. The Balaban J connectivity index is 2.23. The van der Waals surface area contributed by atoms with Crippen LogP contribution in [0, 0.1) is 11.6 Å². The third-order valence-electron chi connectivity index (χ3n) is 3.79. The summed E-state index contributed by atoms with van der Waals surface area (Å²) >= 11 is 0. The summed E-state index contributed by atoms with van der Waals surface area (Å²) < 4.78 is 32.8. The maximum atomic E-state index is 14.1. The molecular formula is C13H11F2NO2. The van der Waals surface area contributed by atoms with Crippen LogP contribution in [-0.4, -0.2) is 12.7 Å². The Morgan fingerprint density at radius 3 is 2.72 bits per heavy atom. The van der Waals surface area contributed by atoms with Crippen LogP contribution in [-0.2, 0) is 16.8 Å². The second kappa shape index (κ2) is 3.89. The number of fused-ring (bicyclic) bond motifs is 1. The van der Waals surface area contributed by atoms with E-state index >= 15 is 0 Å². The van der Waals surface area contributed by atoms with Gasteiger partial charge in [0.2, 0.25) is 6.08 Å². The summed E-state index contributed by atoms with van der Waals surface area (Å²) in [6, 6.07) is 0.819. The van der Waals surface area contributed by atoms with E-state index in [1.165, 1.54) is 6.08 Å². The van der Waals surface area contributed by atoms with Crippen LogP contribution in [0.25, 0.3) is 0 Å². The van der Waals surface area contributed by atoms with Crippen molar-refractivity contribution in [3.63, 3.8) is 0 Å². The van der Waals surface area contributed by atoms with Crippen molar-refractivity contribution < 1.29 is 18.3 Å². The highest BCUT2D eigenvalue weighted by atomic mass is 19.1. The number of hydrogen-bond donors (Lipinski definition) is 0. The lowest BCUT2D eigenvalue weighted by Gasteiger charge is -2.38. The minimum Gasteiger partial charge on any atom is -0.490 e. The maximum Gasteiger partial charge on any atom is 0.235 e. The first kappa shape index (κ1) is 11.4. The standard InChI is InChI=1S/C13H11F2NO2/c14-9-6-10(15)12-8(2-5-18-12)11(9)13(16-7-17)3-1-4-13/h6H,1-5H2. The molecule has 94 valence electrons. The number of ether oxygens (including phenoxy) is 1. The molecule has 3 rings (SSSR count). The maximum absolute atomic E-state index is 14.1. The lowest BCUT2D eigenvalue weighted by molar-refractivity contribution is 0.245. The van der Waals surface area contributed by atoms with Crippen LogP contribution < -0.4 is 4.74 Å². The Bertz CT molecular complexity index is 561. The average molecular weight is 251 g/mol. The van der Waals surface area contributed by atoms with Gasteiger partial charge < -0.3 is 4.74 Å². The van der Waals surface area contributed by atoms with E-state index in [2.05, 4.69) is 4.99 Å². The van der Waals surface area contributed by atoms with Crippen molar-refractivity contribution in [2.75, 3.05) is 6.61 Å². The van der Waals surface area contributed by atoms with Gasteiger partial charge >= 0.3 is 0 Å². The van der Waals surface area contributed by atoms with Crippen LogP contribution in [0.15, 0.2) is 11.1 Å². The molecule has 0 aromatic heterocycles. The largest absolute Gasteiger partial charge is 0.490 e. The summed E-state index contributed by atoms with van der Waals surface area (Å²) in [6.07, 6.45) is 4.03. The fourth-order valence-electron chi connectivity index (χ4n) is 2.82. The Labute approximate surface area is 102 Å². The van der Waals surface area contributed by atoms with Crippen LogP contribution in [0.5, 0.6) is 5.75 Å². The minimum atomic E-state index is -0.850. The van der Waals surface area contributed by atoms with Crippen LogP contribution >= 0.6 is 0 Å². The number of hydrogen-bond acceptors (Lipinski definition) is 3. The highest BCUT2D eigenvalue weighted by molar-refractivity contribution is 5.50. The van der Waals surface area contributed by atoms with Crippen molar-refractivity contribution in [1.82, 2.24) is 0 Å². The number of halogens is 2. The Morgan fingerprint density at radius 1 is 1.33 bits per heavy atom. The van der Waals surface area contributed by atoms with Gasteiger partial charge in [0.05, 0.1) is 6.61 Å². The fraction of sp³-hybridized carbons (Fsp3) is 0.462. The van der Waals surface area contributed by atoms with Gasteiger partial charge in [0.25, 0.3) is 0 Å². The number of nitrogens with zero attached hydrogens (tertiary/aromatic N) is 1. The van der Waals surface area contributed by atoms with Gasteiger partial charge in [-0.3, -0.25) is 0 Å². The fourth-order valence-corrected chi connectivity index (χ4v) is 2.82. The summed E-state index contributed by atoms with van der Waals surface area (Å²) in [5.41, 5.74) is -0.00525. The van der Waals surface area contributed by atoms with Gasteiger partial charge in [-0.15, -0.1) is 0 Å². The molecule has 5 heteroatoms. The number of rotatable bonds is 2. The molecule has 2 aliphatic rings. The van der Waals surface area contributed by atoms with Crippen LogP contribution in [0.4, 0.5) is 8.78 Å². The first-order valence-corrected chi connectivity index (χ1v) is 5.91. The smallest absolute Gasteiger partial charge is 0.235 e. The molecule has 1 aliphatic heterocycles. The predicted molar refractivity (Wildman–Crippen MR) is 59.2 cm³/mol. The highest BCUT2D eigenvalue weighted by Crippen LogP contribution is 2.50. The van der Waals surface area contributed by atoms with Crippen molar-refractivity contribution in [3.8, 4) is 5.75 Å². The monoisotopic (exact) mass is 251 g/mol. The first-order chi connectivity index (χ1) is 8.68. The molecule has 0 radical (unpaired) electrons. The van der Waals surface area contributed by atoms with E-state index < -0.39 is 17.2 Å². The van der Waals surface area contributed by atoms with E-state index in [9.17, 15) is 13.6 Å². The molecule has 1 saturated carbocycles. The molecule has 0 unspecified atom stereocenters. The van der Waals surface area contributed by atoms with E-state index in [4.69, 9.17) is 4.74 Å². The second-order valence-corrected chi connectivity index (χ2v) is 4.71. The number of benzene rings is 1. The van der Waals surface area contributed by atoms with Gasteiger partial charge in [0.15, 0.2) is 11.6 Å². The molecule has 1 fully saturated rings. The summed E-state index contributed by atoms with van der Waals surface area (Å²) in [4.78, 5) is 14.3. The van der Waals surface area contributed by atoms with E-state index in [0.717, 1.165) is 12.5 Å². The van der Waals surface area contributed by atoms with Gasteiger partial charge in [0.1, 0.15) is 11.4 Å². The second-order valence-electron chi connectivity index (χ2n) is 4.71. The topological polar surface area (TPSA) is 38.7 Å². The summed E-state index contributed by atoms with van der Waals surface area (Å²) in [7, 11) is 0. The highest BCUT2D eigenvalue weighted by Gasteiger charge is 2.44. The molecule has 1 heterocycles. The third kappa shape index (κ3) is 1.40. The molecule has 1 aliphatic carbocycles. The van der Waals surface area contributed by atoms with E-state index in [-0.39, 0.29) is 5.75 Å². The molecule has 0 spiro atoms. The van der Waals surface area contributed by atoms with Crippen LogP contribution in [0.1, 0.15) is 30.4 Å². The zero-order valence-electron chi connectivity index (χ0n) is 9.63. The zero-order valence-corrected chi connectivity index (χ0v) is 9.63. The van der Waals surface area contributed by atoms with Crippen molar-refractivity contribution >= 4 is 6.08 Å². The number of carbonyl (C=O) groups excluding carboxylic acids is 1. The van der Waals surface area contributed by atoms with E-state index in [1.54, 1.807) is 0 Å². The van der Waals surface area contributed by atoms with Crippen molar-refractivity contribution in [1.29, 1.82) is 0 Å². The number of isocyanates is 1. The summed E-state index contributed by atoms with van der Waals surface area (Å²) in [6.45, 7) is 0.337. The van der Waals surface area contributed by atoms with Gasteiger partial charge in [-0.05, 0) is 19.3 Å². The van der Waals surface area contributed by atoms with Crippen LogP contribution in [0.3, 0.4) is 0 Å². The molecule has 0 amide bonds. The lowest BCUT2D eigenvalue weighted by Crippen LogP contribution is -2.34. The summed E-state index contributed by atoms with van der Waals surface area (Å²) in [5, 5.41) is 0. The quantitative estimate of drug-likeness (QED) is 0.598. The Hall–Kier alpha value is -1.74. The van der Waals surface area contributed by atoms with Crippen molar-refractivity contribution in [2.45, 2.75) is 31.2 Å². The van der Waals surface area contributed by atoms with E-state index in [0.29, 0.717) is 37.0 Å². The number of aliphatic imine (C=N–C) groups is 1. The SMILES string of the molecule is O=C=NC1(c2c(F)cc(F)c3c2CCO3)CCC1. The molecule has 0 bridgehead atoms. The molecule has 1 aromatic rings. The Kier molecular flexibility index (Phi) is 2.45. The average Bonchev–Trinajstić information content (AvgIpc) is 2.74. The van der Waals surface area contributed by atoms with Gasteiger partial charge in [-0.1, -0.05) is 0 Å². The van der Waals surface area contributed by atoms with Crippen LogP contribution in [0.2, 0.25) is 0 Å². The minimum absolute atomic E-state index is 0.110. The van der Waals surface area contributed by atoms with Crippen molar-refractivity contribution in [2.24, 2.45) is 4.99 Å².